The Morgan fingerprint density at radius 2 is 1.70 bits per heavy atom. The van der Waals surface area contributed by atoms with E-state index < -0.39 is 10.0 Å². The molecule has 1 saturated heterocycles. The topological polar surface area (TPSA) is 65.1 Å². The third kappa shape index (κ3) is 4.16. The zero-order valence-electron chi connectivity index (χ0n) is 14.1. The van der Waals surface area contributed by atoms with E-state index in [0.29, 0.717) is 37.4 Å². The molecule has 1 aliphatic rings. The van der Waals surface area contributed by atoms with Crippen LogP contribution in [0, 0.1) is 0 Å². The number of hydrogen-bond acceptors (Lipinski definition) is 5. The van der Waals surface area contributed by atoms with Crippen molar-refractivity contribution in [2.45, 2.75) is 43.8 Å². The lowest BCUT2D eigenvalue weighted by molar-refractivity contribution is -0.0168. The second-order valence-corrected chi connectivity index (χ2v) is 7.74. The largest absolute Gasteiger partial charge is 0.493 e. The molecular weight excluding hydrogens is 318 g/mol. The van der Waals surface area contributed by atoms with Crippen molar-refractivity contribution in [1.82, 2.24) is 4.31 Å². The maximum atomic E-state index is 12.8. The second-order valence-electron chi connectivity index (χ2n) is 5.81. The van der Waals surface area contributed by atoms with Crippen molar-refractivity contribution in [2.75, 3.05) is 27.3 Å². The predicted octanol–water partition coefficient (Wildman–Crippen LogP) is 2.28. The number of rotatable bonds is 6. The first kappa shape index (κ1) is 18.0. The van der Waals surface area contributed by atoms with Crippen LogP contribution in [0.25, 0.3) is 0 Å². The minimum atomic E-state index is -3.53. The summed E-state index contributed by atoms with van der Waals surface area (Å²) in [5, 5.41) is 0. The van der Waals surface area contributed by atoms with Crippen molar-refractivity contribution in [3.8, 4) is 11.5 Å². The number of hydrogen-bond donors (Lipinski definition) is 0. The van der Waals surface area contributed by atoms with Crippen molar-refractivity contribution in [2.24, 2.45) is 0 Å². The zero-order chi connectivity index (χ0) is 17.0. The van der Waals surface area contributed by atoms with Gasteiger partial charge in [-0.3, -0.25) is 0 Å². The fourth-order valence-electron chi connectivity index (χ4n) is 2.72. The Hall–Kier alpha value is -1.31. The molecule has 0 bridgehead atoms. The number of methoxy groups -OCH3 is 2. The smallest absolute Gasteiger partial charge is 0.243 e. The van der Waals surface area contributed by atoms with E-state index in [2.05, 4.69) is 0 Å². The number of ether oxygens (including phenoxy) is 3. The lowest BCUT2D eigenvalue weighted by Gasteiger charge is -2.32. The van der Waals surface area contributed by atoms with Crippen LogP contribution in [0.1, 0.15) is 26.7 Å². The van der Waals surface area contributed by atoms with E-state index >= 15 is 0 Å². The molecule has 0 aromatic heterocycles. The summed E-state index contributed by atoms with van der Waals surface area (Å²) in [6.45, 7) is 4.92. The van der Waals surface area contributed by atoms with Crippen LogP contribution in [0.3, 0.4) is 0 Å². The van der Waals surface area contributed by atoms with Crippen molar-refractivity contribution in [1.29, 1.82) is 0 Å². The molecule has 1 aromatic rings. The van der Waals surface area contributed by atoms with E-state index in [0.717, 1.165) is 0 Å². The summed E-state index contributed by atoms with van der Waals surface area (Å²) in [5.74, 6) is 0.919. The molecule has 23 heavy (non-hydrogen) atoms. The molecule has 1 heterocycles. The van der Waals surface area contributed by atoms with Gasteiger partial charge in [-0.25, -0.2) is 8.42 Å². The van der Waals surface area contributed by atoms with Crippen LogP contribution in [0.5, 0.6) is 11.5 Å². The van der Waals surface area contributed by atoms with Gasteiger partial charge in [-0.05, 0) is 38.8 Å². The Bertz CT molecular complexity index is 621. The summed E-state index contributed by atoms with van der Waals surface area (Å²) in [6, 6.07) is 4.67. The second kappa shape index (κ2) is 7.51. The Morgan fingerprint density at radius 3 is 2.22 bits per heavy atom. The van der Waals surface area contributed by atoms with Gasteiger partial charge >= 0.3 is 0 Å². The molecule has 0 spiro atoms. The highest BCUT2D eigenvalue weighted by Crippen LogP contribution is 2.31. The van der Waals surface area contributed by atoms with Gasteiger partial charge in [0.1, 0.15) is 0 Å². The van der Waals surface area contributed by atoms with Crippen LogP contribution in [-0.2, 0) is 14.8 Å². The molecule has 0 saturated carbocycles. The Morgan fingerprint density at radius 1 is 1.09 bits per heavy atom. The molecule has 0 aliphatic carbocycles. The van der Waals surface area contributed by atoms with Crippen LogP contribution in [-0.4, -0.2) is 52.2 Å². The molecule has 2 rings (SSSR count). The van der Waals surface area contributed by atoms with Crippen molar-refractivity contribution >= 4 is 10.0 Å². The van der Waals surface area contributed by atoms with Gasteiger partial charge in [-0.1, -0.05) is 0 Å². The van der Waals surface area contributed by atoms with Crippen molar-refractivity contribution in [3.63, 3.8) is 0 Å². The molecule has 1 aromatic carbocycles. The minimum Gasteiger partial charge on any atom is -0.493 e. The Labute approximate surface area is 138 Å². The molecule has 0 radical (unpaired) electrons. The number of nitrogens with zero attached hydrogens (tertiary/aromatic N) is 1. The highest BCUT2D eigenvalue weighted by atomic mass is 32.2. The van der Waals surface area contributed by atoms with E-state index in [1.54, 1.807) is 12.1 Å². The molecule has 7 heteroatoms. The van der Waals surface area contributed by atoms with E-state index in [4.69, 9.17) is 14.2 Å². The van der Waals surface area contributed by atoms with Gasteiger partial charge in [0.15, 0.2) is 11.5 Å². The third-order valence-electron chi connectivity index (χ3n) is 3.86. The fraction of sp³-hybridized carbons (Fsp3) is 0.625. The molecule has 0 N–H and O–H groups in total. The normalized spacial score (nSPS) is 17.4. The standard InChI is InChI=1S/C16H25NO5S/c1-12(2)22-13-7-9-17(10-8-13)23(18,19)14-5-6-15(20-3)16(11-14)21-4/h5-6,11-13H,7-10H2,1-4H3. The first-order valence-electron chi connectivity index (χ1n) is 7.76. The van der Waals surface area contributed by atoms with Gasteiger partial charge in [-0.2, -0.15) is 4.31 Å². The number of sulfonamides is 1. The van der Waals surface area contributed by atoms with Gasteiger partial charge in [-0.15, -0.1) is 0 Å². The molecule has 1 aliphatic heterocycles. The van der Waals surface area contributed by atoms with E-state index in [-0.39, 0.29) is 17.1 Å². The monoisotopic (exact) mass is 343 g/mol. The first-order valence-corrected chi connectivity index (χ1v) is 9.20. The van der Waals surface area contributed by atoms with E-state index in [1.165, 1.54) is 24.6 Å². The average molecular weight is 343 g/mol. The average Bonchev–Trinajstić information content (AvgIpc) is 2.54. The zero-order valence-corrected chi connectivity index (χ0v) is 14.9. The molecule has 0 amide bonds. The van der Waals surface area contributed by atoms with Gasteiger partial charge in [0, 0.05) is 19.2 Å². The van der Waals surface area contributed by atoms with Crippen LogP contribution < -0.4 is 9.47 Å². The number of benzene rings is 1. The maximum Gasteiger partial charge on any atom is 0.243 e. The number of piperidine rings is 1. The Kier molecular flexibility index (Phi) is 5.89. The Balaban J connectivity index is 2.13. The van der Waals surface area contributed by atoms with Crippen LogP contribution in [0.15, 0.2) is 23.1 Å². The minimum absolute atomic E-state index is 0.131. The summed E-state index contributed by atoms with van der Waals surface area (Å²) in [5.41, 5.74) is 0. The highest BCUT2D eigenvalue weighted by Gasteiger charge is 2.30. The SMILES string of the molecule is COc1ccc(S(=O)(=O)N2CCC(OC(C)C)CC2)cc1OC. The highest BCUT2D eigenvalue weighted by molar-refractivity contribution is 7.89. The molecular formula is C16H25NO5S. The molecule has 130 valence electrons. The third-order valence-corrected chi connectivity index (χ3v) is 5.75. The summed E-state index contributed by atoms with van der Waals surface area (Å²) < 4.78 is 43.2. The van der Waals surface area contributed by atoms with Crippen molar-refractivity contribution in [3.05, 3.63) is 18.2 Å². The van der Waals surface area contributed by atoms with Gasteiger partial charge in [0.05, 0.1) is 31.3 Å². The lowest BCUT2D eigenvalue weighted by Crippen LogP contribution is -2.41. The van der Waals surface area contributed by atoms with E-state index in [1.807, 2.05) is 13.8 Å². The van der Waals surface area contributed by atoms with Gasteiger partial charge in [0.2, 0.25) is 10.0 Å². The maximum absolute atomic E-state index is 12.8. The van der Waals surface area contributed by atoms with Crippen molar-refractivity contribution < 1.29 is 22.6 Å². The molecule has 6 nitrogen and oxygen atoms in total. The summed E-state index contributed by atoms with van der Waals surface area (Å²) in [7, 11) is -0.521. The lowest BCUT2D eigenvalue weighted by atomic mass is 10.1. The summed E-state index contributed by atoms with van der Waals surface area (Å²) in [6.07, 6.45) is 1.72. The van der Waals surface area contributed by atoms with E-state index in [9.17, 15) is 8.42 Å². The van der Waals surface area contributed by atoms with Crippen LogP contribution in [0.2, 0.25) is 0 Å². The molecule has 0 atom stereocenters. The quantitative estimate of drug-likeness (QED) is 0.793. The van der Waals surface area contributed by atoms with Gasteiger partial charge < -0.3 is 14.2 Å². The van der Waals surface area contributed by atoms with Crippen LogP contribution >= 0.6 is 0 Å². The predicted molar refractivity (Wildman–Crippen MR) is 87.5 cm³/mol. The summed E-state index contributed by atoms with van der Waals surface area (Å²) >= 11 is 0. The molecule has 0 unspecified atom stereocenters. The fourth-order valence-corrected chi connectivity index (χ4v) is 4.21. The summed E-state index contributed by atoms with van der Waals surface area (Å²) in [4.78, 5) is 0.221. The molecule has 1 fully saturated rings. The first-order chi connectivity index (χ1) is 10.9. The van der Waals surface area contributed by atoms with Gasteiger partial charge in [0.25, 0.3) is 0 Å². The van der Waals surface area contributed by atoms with Crippen LogP contribution in [0.4, 0.5) is 0 Å².